The van der Waals surface area contributed by atoms with Crippen LogP contribution < -0.4 is 0 Å². The first-order valence-electron chi connectivity index (χ1n) is 10.1. The Hall–Kier alpha value is -0.830. The van der Waals surface area contributed by atoms with Gasteiger partial charge in [-0.25, -0.2) is 0 Å². The van der Waals surface area contributed by atoms with E-state index >= 15 is 0 Å². The van der Waals surface area contributed by atoms with E-state index in [2.05, 4.69) is 23.8 Å². The lowest BCUT2D eigenvalue weighted by Gasteiger charge is -2.03. The molecule has 0 bridgehead atoms. The fraction of sp³-hybridized carbons (Fsp3) is 0.857. The van der Waals surface area contributed by atoms with Crippen LogP contribution >= 0.6 is 0 Å². The Morgan fingerprint density at radius 3 is 2.00 bits per heavy atom. The summed E-state index contributed by atoms with van der Waals surface area (Å²) in [6, 6.07) is 0. The van der Waals surface area contributed by atoms with E-state index in [9.17, 15) is 4.79 Å². The van der Waals surface area contributed by atoms with Crippen LogP contribution in [-0.2, 0) is 14.3 Å². The fourth-order valence-corrected chi connectivity index (χ4v) is 3.03. The molecule has 0 radical (unpaired) electrons. The molecule has 1 rings (SSSR count). The monoisotopic (exact) mass is 338 g/mol. The normalized spacial score (nSPS) is 19.8. The molecule has 3 nitrogen and oxygen atoms in total. The van der Waals surface area contributed by atoms with Crippen molar-refractivity contribution in [2.45, 2.75) is 102 Å². The molecular weight excluding hydrogens is 300 g/mol. The third kappa shape index (κ3) is 10.9. The van der Waals surface area contributed by atoms with Crippen molar-refractivity contribution in [3.63, 3.8) is 0 Å². The highest BCUT2D eigenvalue weighted by Gasteiger charge is 2.41. The molecule has 0 aromatic heterocycles. The molecule has 0 N–H and O–H groups in total. The Kier molecular flexibility index (Phi) is 11.9. The van der Waals surface area contributed by atoms with Crippen LogP contribution in [0, 0.1) is 0 Å². The summed E-state index contributed by atoms with van der Waals surface area (Å²) in [6.45, 7) is 3.17. The van der Waals surface area contributed by atoms with Crippen molar-refractivity contribution >= 4 is 5.97 Å². The number of hydrogen-bond acceptors (Lipinski definition) is 3. The zero-order chi connectivity index (χ0) is 17.5. The number of rotatable bonds is 16. The van der Waals surface area contributed by atoms with Gasteiger partial charge in [-0.15, -0.1) is 0 Å². The molecule has 1 fully saturated rings. The highest BCUT2D eigenvalue weighted by atomic mass is 16.6. The Labute approximate surface area is 149 Å². The smallest absolute Gasteiger partial charge is 0.305 e. The summed E-state index contributed by atoms with van der Waals surface area (Å²) in [5.74, 6) is -0.0735. The van der Waals surface area contributed by atoms with Crippen molar-refractivity contribution in [1.29, 1.82) is 0 Å². The molecule has 0 aromatic carbocycles. The second kappa shape index (κ2) is 13.5. The molecule has 0 spiro atoms. The van der Waals surface area contributed by atoms with Gasteiger partial charge in [0.25, 0.3) is 0 Å². The zero-order valence-corrected chi connectivity index (χ0v) is 16.0. The van der Waals surface area contributed by atoms with E-state index in [1.807, 2.05) is 0 Å². The SMILES string of the molecule is CCC1(C/C=C\CCCCCCCCCCCCC(=O)OC)CO1. The van der Waals surface area contributed by atoms with Crippen molar-refractivity contribution in [2.75, 3.05) is 13.7 Å². The first kappa shape index (κ1) is 21.2. The minimum Gasteiger partial charge on any atom is -0.469 e. The average Bonchev–Trinajstić information content (AvgIpc) is 3.38. The van der Waals surface area contributed by atoms with Gasteiger partial charge in [-0.3, -0.25) is 4.79 Å². The molecule has 1 heterocycles. The highest BCUT2D eigenvalue weighted by Crippen LogP contribution is 2.34. The van der Waals surface area contributed by atoms with Crippen LogP contribution in [0.25, 0.3) is 0 Å². The Morgan fingerprint density at radius 2 is 1.50 bits per heavy atom. The van der Waals surface area contributed by atoms with Gasteiger partial charge in [-0.05, 0) is 32.1 Å². The summed E-state index contributed by atoms with van der Waals surface area (Å²) in [6.07, 6.45) is 21.5. The number of ether oxygens (including phenoxy) is 2. The number of unbranched alkanes of at least 4 members (excludes halogenated alkanes) is 10. The summed E-state index contributed by atoms with van der Waals surface area (Å²) in [5, 5.41) is 0. The average molecular weight is 339 g/mol. The van der Waals surface area contributed by atoms with E-state index in [4.69, 9.17) is 4.74 Å². The summed E-state index contributed by atoms with van der Waals surface area (Å²) in [4.78, 5) is 11.0. The minimum atomic E-state index is -0.0735. The number of epoxide rings is 1. The van der Waals surface area contributed by atoms with Gasteiger partial charge >= 0.3 is 5.97 Å². The zero-order valence-electron chi connectivity index (χ0n) is 16.0. The molecule has 1 aliphatic rings. The molecule has 1 saturated heterocycles. The van der Waals surface area contributed by atoms with Crippen molar-refractivity contribution in [1.82, 2.24) is 0 Å². The minimum absolute atomic E-state index is 0.0735. The van der Waals surface area contributed by atoms with E-state index < -0.39 is 0 Å². The molecule has 1 unspecified atom stereocenters. The van der Waals surface area contributed by atoms with Crippen LogP contribution in [0.1, 0.15) is 96.8 Å². The molecule has 0 saturated carbocycles. The van der Waals surface area contributed by atoms with Crippen LogP contribution in [0.3, 0.4) is 0 Å². The van der Waals surface area contributed by atoms with E-state index in [1.54, 1.807) is 0 Å². The van der Waals surface area contributed by atoms with Gasteiger partial charge in [0, 0.05) is 6.42 Å². The van der Waals surface area contributed by atoms with E-state index in [0.29, 0.717) is 6.42 Å². The lowest BCUT2D eigenvalue weighted by Crippen LogP contribution is -2.06. The molecule has 0 aromatic rings. The van der Waals surface area contributed by atoms with Gasteiger partial charge in [0.1, 0.15) is 0 Å². The van der Waals surface area contributed by atoms with Crippen molar-refractivity contribution in [2.24, 2.45) is 0 Å². The highest BCUT2D eigenvalue weighted by molar-refractivity contribution is 5.68. The number of methoxy groups -OCH3 is 1. The summed E-state index contributed by atoms with van der Waals surface area (Å²) in [7, 11) is 1.46. The van der Waals surface area contributed by atoms with Gasteiger partial charge in [0.05, 0.1) is 19.3 Å². The second-order valence-electron chi connectivity index (χ2n) is 7.15. The summed E-state index contributed by atoms with van der Waals surface area (Å²) >= 11 is 0. The third-order valence-corrected chi connectivity index (χ3v) is 5.08. The maximum absolute atomic E-state index is 11.0. The first-order valence-corrected chi connectivity index (χ1v) is 10.1. The lowest BCUT2D eigenvalue weighted by atomic mass is 10.0. The van der Waals surface area contributed by atoms with Crippen LogP contribution in [0.5, 0.6) is 0 Å². The largest absolute Gasteiger partial charge is 0.469 e. The lowest BCUT2D eigenvalue weighted by molar-refractivity contribution is -0.140. The third-order valence-electron chi connectivity index (χ3n) is 5.08. The van der Waals surface area contributed by atoms with Gasteiger partial charge in [0.15, 0.2) is 0 Å². The van der Waals surface area contributed by atoms with Gasteiger partial charge < -0.3 is 9.47 Å². The first-order chi connectivity index (χ1) is 11.7. The predicted molar refractivity (Wildman–Crippen MR) is 100 cm³/mol. The molecule has 24 heavy (non-hydrogen) atoms. The van der Waals surface area contributed by atoms with Crippen LogP contribution in [-0.4, -0.2) is 25.3 Å². The molecule has 1 aliphatic heterocycles. The quantitative estimate of drug-likeness (QED) is 0.151. The van der Waals surface area contributed by atoms with Crippen molar-refractivity contribution in [3.8, 4) is 0 Å². The molecule has 140 valence electrons. The number of carbonyl (C=O) groups excluding carboxylic acids is 1. The standard InChI is InChI=1S/C21H38O3/c1-3-21(19-24-21)18-16-14-12-10-8-6-4-5-7-9-11-13-15-17-20(22)23-2/h14,16H,3-13,15,17-19H2,1-2H3/b16-14-. The van der Waals surface area contributed by atoms with E-state index in [-0.39, 0.29) is 11.6 Å². The van der Waals surface area contributed by atoms with E-state index in [1.165, 1.54) is 64.9 Å². The topological polar surface area (TPSA) is 38.8 Å². The number of esters is 1. The Bertz CT molecular complexity index is 345. The number of carbonyl (C=O) groups is 1. The molecule has 0 aliphatic carbocycles. The maximum Gasteiger partial charge on any atom is 0.305 e. The Morgan fingerprint density at radius 1 is 0.958 bits per heavy atom. The van der Waals surface area contributed by atoms with Gasteiger partial charge in [-0.1, -0.05) is 70.4 Å². The van der Waals surface area contributed by atoms with Crippen molar-refractivity contribution in [3.05, 3.63) is 12.2 Å². The molecule has 1 atom stereocenters. The predicted octanol–water partition coefficient (Wildman–Crippen LogP) is 5.97. The van der Waals surface area contributed by atoms with Crippen LogP contribution in [0.15, 0.2) is 12.2 Å². The van der Waals surface area contributed by atoms with Gasteiger partial charge in [-0.2, -0.15) is 0 Å². The fourth-order valence-electron chi connectivity index (χ4n) is 3.03. The second-order valence-corrected chi connectivity index (χ2v) is 7.15. The Balaban J connectivity index is 1.73. The number of hydrogen-bond donors (Lipinski definition) is 0. The maximum atomic E-state index is 11.0. The molecule has 0 amide bonds. The van der Waals surface area contributed by atoms with Crippen LogP contribution in [0.4, 0.5) is 0 Å². The molecular formula is C21H38O3. The number of allylic oxidation sites excluding steroid dienone is 1. The summed E-state index contributed by atoms with van der Waals surface area (Å²) in [5.41, 5.74) is 0.218. The molecule has 3 heteroatoms. The van der Waals surface area contributed by atoms with Gasteiger partial charge in [0.2, 0.25) is 0 Å². The van der Waals surface area contributed by atoms with Crippen molar-refractivity contribution < 1.29 is 14.3 Å². The summed E-state index contributed by atoms with van der Waals surface area (Å²) < 4.78 is 10.1. The van der Waals surface area contributed by atoms with Crippen LogP contribution in [0.2, 0.25) is 0 Å². The van der Waals surface area contributed by atoms with E-state index in [0.717, 1.165) is 32.3 Å².